The van der Waals surface area contributed by atoms with Crippen LogP contribution in [0.4, 0.5) is 5.69 Å². The summed E-state index contributed by atoms with van der Waals surface area (Å²) in [5.74, 6) is 0.235. The molecule has 1 unspecified atom stereocenters. The van der Waals surface area contributed by atoms with Gasteiger partial charge in [-0.25, -0.2) is 0 Å². The Labute approximate surface area is 132 Å². The Morgan fingerprint density at radius 1 is 1.27 bits per heavy atom. The highest BCUT2D eigenvalue weighted by molar-refractivity contribution is 5.95. The third-order valence-electron chi connectivity index (χ3n) is 4.94. The van der Waals surface area contributed by atoms with Crippen molar-refractivity contribution < 1.29 is 9.90 Å². The van der Waals surface area contributed by atoms with Gasteiger partial charge in [0.2, 0.25) is 5.91 Å². The molecule has 1 saturated heterocycles. The quantitative estimate of drug-likeness (QED) is 0.899. The highest BCUT2D eigenvalue weighted by Gasteiger charge is 2.23. The molecule has 1 aliphatic heterocycles. The van der Waals surface area contributed by atoms with E-state index in [0.717, 1.165) is 44.3 Å². The molecule has 1 amide bonds. The van der Waals surface area contributed by atoms with Crippen molar-refractivity contribution in [1.29, 1.82) is 0 Å². The molecule has 120 valence electrons. The van der Waals surface area contributed by atoms with Crippen LogP contribution in [0.5, 0.6) is 0 Å². The average Bonchev–Trinajstić information content (AvgIpc) is 2.96. The molecule has 22 heavy (non-hydrogen) atoms. The fourth-order valence-electron chi connectivity index (χ4n) is 3.58. The highest BCUT2D eigenvalue weighted by Crippen LogP contribution is 2.26. The fraction of sp³-hybridized carbons (Fsp3) is 0.611. The standard InChI is InChI=1S/C18H26N2O2/c1-13(19-15-7-9-17(21)10-8-15)14-4-2-5-16(12-14)20-11-3-6-18(20)22/h2,4-5,12-13,15,17,19,21H,3,6-11H2,1H3. The molecule has 0 aromatic heterocycles. The van der Waals surface area contributed by atoms with Gasteiger partial charge in [-0.05, 0) is 56.7 Å². The van der Waals surface area contributed by atoms with Gasteiger partial charge in [-0.15, -0.1) is 0 Å². The maximum Gasteiger partial charge on any atom is 0.227 e. The second-order valence-electron chi connectivity index (χ2n) is 6.64. The molecule has 1 aromatic carbocycles. The van der Waals surface area contributed by atoms with Crippen LogP contribution >= 0.6 is 0 Å². The first-order chi connectivity index (χ1) is 10.6. The van der Waals surface area contributed by atoms with Crippen LogP contribution < -0.4 is 10.2 Å². The molecular weight excluding hydrogens is 276 g/mol. The van der Waals surface area contributed by atoms with Crippen molar-refractivity contribution in [3.63, 3.8) is 0 Å². The Bertz CT molecular complexity index is 524. The van der Waals surface area contributed by atoms with Gasteiger partial charge in [-0.2, -0.15) is 0 Å². The first kappa shape index (κ1) is 15.5. The fourth-order valence-corrected chi connectivity index (χ4v) is 3.58. The van der Waals surface area contributed by atoms with Crippen LogP contribution in [0.3, 0.4) is 0 Å². The second-order valence-corrected chi connectivity index (χ2v) is 6.64. The van der Waals surface area contributed by atoms with Crippen LogP contribution in [0.1, 0.15) is 57.1 Å². The molecule has 2 aliphatic rings. The first-order valence-electron chi connectivity index (χ1n) is 8.48. The van der Waals surface area contributed by atoms with E-state index in [9.17, 15) is 9.90 Å². The maximum absolute atomic E-state index is 11.9. The van der Waals surface area contributed by atoms with Crippen molar-refractivity contribution in [2.24, 2.45) is 0 Å². The van der Waals surface area contributed by atoms with Crippen molar-refractivity contribution in [2.45, 2.75) is 63.6 Å². The number of carbonyl (C=O) groups is 1. The van der Waals surface area contributed by atoms with Gasteiger partial charge in [0.1, 0.15) is 0 Å². The van der Waals surface area contributed by atoms with Crippen molar-refractivity contribution >= 4 is 11.6 Å². The summed E-state index contributed by atoms with van der Waals surface area (Å²) in [6.45, 7) is 3.01. The van der Waals surface area contributed by atoms with Crippen LogP contribution in [0.2, 0.25) is 0 Å². The number of nitrogens with zero attached hydrogens (tertiary/aromatic N) is 1. The lowest BCUT2D eigenvalue weighted by Gasteiger charge is -2.29. The van der Waals surface area contributed by atoms with Crippen LogP contribution in [-0.2, 0) is 4.79 Å². The molecule has 1 aliphatic carbocycles. The predicted octanol–water partition coefficient (Wildman–Crippen LogP) is 2.77. The molecule has 3 rings (SSSR count). The van der Waals surface area contributed by atoms with Gasteiger partial charge in [0.15, 0.2) is 0 Å². The summed E-state index contributed by atoms with van der Waals surface area (Å²) in [6.07, 6.45) is 5.38. The normalized spacial score (nSPS) is 27.2. The molecule has 1 saturated carbocycles. The lowest BCUT2D eigenvalue weighted by molar-refractivity contribution is -0.117. The third kappa shape index (κ3) is 3.50. The monoisotopic (exact) mass is 302 g/mol. The van der Waals surface area contributed by atoms with Crippen LogP contribution in [0.15, 0.2) is 24.3 Å². The minimum atomic E-state index is -0.113. The van der Waals surface area contributed by atoms with Crippen LogP contribution in [-0.4, -0.2) is 29.7 Å². The maximum atomic E-state index is 11.9. The number of carbonyl (C=O) groups excluding carboxylic acids is 1. The van der Waals surface area contributed by atoms with Gasteiger partial charge < -0.3 is 15.3 Å². The summed E-state index contributed by atoms with van der Waals surface area (Å²) in [5.41, 5.74) is 2.25. The predicted molar refractivity (Wildman–Crippen MR) is 87.8 cm³/mol. The van der Waals surface area contributed by atoms with Crippen LogP contribution in [0, 0.1) is 0 Å². The Kier molecular flexibility index (Phi) is 4.79. The van der Waals surface area contributed by atoms with Gasteiger partial charge in [0, 0.05) is 30.7 Å². The summed E-state index contributed by atoms with van der Waals surface area (Å²) in [5, 5.41) is 13.3. The SMILES string of the molecule is CC(NC1CCC(O)CC1)c1cccc(N2CCCC2=O)c1. The third-order valence-corrected chi connectivity index (χ3v) is 4.94. The minimum absolute atomic E-state index is 0.113. The summed E-state index contributed by atoms with van der Waals surface area (Å²) in [6, 6.07) is 9.07. The van der Waals surface area contributed by atoms with E-state index in [1.165, 1.54) is 5.56 Å². The Hall–Kier alpha value is -1.39. The second kappa shape index (κ2) is 6.80. The molecule has 0 spiro atoms. The number of benzene rings is 1. The van der Waals surface area contributed by atoms with Gasteiger partial charge >= 0.3 is 0 Å². The molecule has 2 fully saturated rings. The molecule has 4 heteroatoms. The van der Waals surface area contributed by atoms with E-state index in [4.69, 9.17) is 0 Å². The molecular formula is C18H26N2O2. The van der Waals surface area contributed by atoms with E-state index in [1.54, 1.807) is 0 Å². The summed E-state index contributed by atoms with van der Waals surface area (Å²) in [4.78, 5) is 13.8. The molecule has 1 heterocycles. The van der Waals surface area contributed by atoms with E-state index in [-0.39, 0.29) is 18.1 Å². The molecule has 0 bridgehead atoms. The van der Waals surface area contributed by atoms with E-state index in [0.29, 0.717) is 12.5 Å². The average molecular weight is 302 g/mol. The van der Waals surface area contributed by atoms with E-state index in [2.05, 4.69) is 24.4 Å². The number of rotatable bonds is 4. The molecule has 4 nitrogen and oxygen atoms in total. The number of hydrogen-bond acceptors (Lipinski definition) is 3. The largest absolute Gasteiger partial charge is 0.393 e. The number of amides is 1. The van der Waals surface area contributed by atoms with Gasteiger partial charge in [0.05, 0.1) is 6.10 Å². The van der Waals surface area contributed by atoms with Crippen LogP contribution in [0.25, 0.3) is 0 Å². The van der Waals surface area contributed by atoms with Crippen molar-refractivity contribution in [3.05, 3.63) is 29.8 Å². The number of aliphatic hydroxyl groups is 1. The number of aliphatic hydroxyl groups excluding tert-OH is 1. The summed E-state index contributed by atoms with van der Waals surface area (Å²) >= 11 is 0. The molecule has 2 N–H and O–H groups in total. The molecule has 1 aromatic rings. The van der Waals surface area contributed by atoms with E-state index >= 15 is 0 Å². The number of anilines is 1. The van der Waals surface area contributed by atoms with Crippen molar-refractivity contribution in [1.82, 2.24) is 5.32 Å². The van der Waals surface area contributed by atoms with Crippen molar-refractivity contribution in [2.75, 3.05) is 11.4 Å². The number of hydrogen-bond donors (Lipinski definition) is 2. The van der Waals surface area contributed by atoms with Gasteiger partial charge in [-0.3, -0.25) is 4.79 Å². The molecule has 0 radical (unpaired) electrons. The zero-order valence-corrected chi connectivity index (χ0v) is 13.3. The zero-order chi connectivity index (χ0) is 15.5. The van der Waals surface area contributed by atoms with Gasteiger partial charge in [0.25, 0.3) is 0 Å². The van der Waals surface area contributed by atoms with E-state index < -0.39 is 0 Å². The van der Waals surface area contributed by atoms with Gasteiger partial charge in [-0.1, -0.05) is 12.1 Å². The Morgan fingerprint density at radius 3 is 2.73 bits per heavy atom. The summed E-state index contributed by atoms with van der Waals surface area (Å²) in [7, 11) is 0. The Morgan fingerprint density at radius 2 is 2.05 bits per heavy atom. The topological polar surface area (TPSA) is 52.6 Å². The first-order valence-corrected chi connectivity index (χ1v) is 8.48. The smallest absolute Gasteiger partial charge is 0.227 e. The zero-order valence-electron chi connectivity index (χ0n) is 13.3. The lowest BCUT2D eigenvalue weighted by atomic mass is 9.92. The summed E-state index contributed by atoms with van der Waals surface area (Å²) < 4.78 is 0. The minimum Gasteiger partial charge on any atom is -0.393 e. The van der Waals surface area contributed by atoms with Crippen molar-refractivity contribution in [3.8, 4) is 0 Å². The van der Waals surface area contributed by atoms with E-state index in [1.807, 2.05) is 17.0 Å². The lowest BCUT2D eigenvalue weighted by Crippen LogP contribution is -2.36. The molecule has 1 atom stereocenters. The number of nitrogens with one attached hydrogen (secondary N) is 1. The Balaban J connectivity index is 1.65. The highest BCUT2D eigenvalue weighted by atomic mass is 16.3.